The largest absolute Gasteiger partial charge is 0.464 e. The van der Waals surface area contributed by atoms with Crippen LogP contribution in [0.5, 0.6) is 0 Å². The molecule has 0 fully saturated rings. The second-order valence-corrected chi connectivity index (χ2v) is 9.12. The average Bonchev–Trinajstić information content (AvgIpc) is 2.64. The first-order valence-electron chi connectivity index (χ1n) is 10.7. The number of carbonyl (C=O) groups is 2. The molecule has 0 amide bonds. The fraction of sp³-hybridized carbons (Fsp3) is 0.905. The van der Waals surface area contributed by atoms with Gasteiger partial charge < -0.3 is 19.9 Å². The Labute approximate surface area is 190 Å². The minimum Gasteiger partial charge on any atom is -0.464 e. The Morgan fingerprint density at radius 2 is 1.42 bits per heavy atom. The van der Waals surface area contributed by atoms with Crippen LogP contribution in [-0.2, 0) is 19.1 Å². The van der Waals surface area contributed by atoms with E-state index in [1.165, 1.54) is 20.8 Å². The molecule has 4 atom stereocenters. The van der Waals surface area contributed by atoms with Gasteiger partial charge in [0.25, 0.3) is 0 Å². The first kappa shape index (κ1) is 31.4. The van der Waals surface area contributed by atoms with E-state index in [0.29, 0.717) is 6.92 Å². The Morgan fingerprint density at radius 3 is 1.85 bits per heavy atom. The third kappa shape index (κ3) is 10.1. The summed E-state index contributed by atoms with van der Waals surface area (Å²) in [6.45, 7) is 6.45. The summed E-state index contributed by atoms with van der Waals surface area (Å²) in [6.07, 6.45) is -11.0. The Kier molecular flexibility index (Phi) is 11.2. The van der Waals surface area contributed by atoms with Crippen LogP contribution in [0.1, 0.15) is 67.2 Å². The number of nitrogens with one attached hydrogen (secondary N) is 1. The molecule has 0 aromatic rings. The third-order valence-corrected chi connectivity index (χ3v) is 5.77. The molecule has 33 heavy (non-hydrogen) atoms. The van der Waals surface area contributed by atoms with Crippen molar-refractivity contribution in [3.05, 3.63) is 0 Å². The summed E-state index contributed by atoms with van der Waals surface area (Å²) in [4.78, 5) is 25.4. The van der Waals surface area contributed by atoms with Crippen molar-refractivity contribution in [1.82, 2.24) is 5.32 Å². The number of rotatable bonds is 13. The van der Waals surface area contributed by atoms with E-state index in [9.17, 15) is 41.0 Å². The predicted octanol–water partition coefficient (Wildman–Crippen LogP) is 4.54. The molecule has 0 radical (unpaired) electrons. The van der Waals surface area contributed by atoms with E-state index in [-0.39, 0.29) is 32.4 Å². The molecular formula is C21H35F6NO5. The highest BCUT2D eigenvalue weighted by Gasteiger charge is 2.51. The molecule has 4 unspecified atom stereocenters. The van der Waals surface area contributed by atoms with Crippen molar-refractivity contribution in [1.29, 1.82) is 0 Å². The van der Waals surface area contributed by atoms with Crippen LogP contribution in [-0.4, -0.2) is 60.8 Å². The molecule has 0 saturated heterocycles. The Bertz CT molecular complexity index is 652. The molecule has 0 spiro atoms. The van der Waals surface area contributed by atoms with E-state index in [2.05, 4.69) is 5.32 Å². The summed E-state index contributed by atoms with van der Waals surface area (Å²) in [6, 6.07) is 0. The van der Waals surface area contributed by atoms with E-state index in [0.717, 1.165) is 0 Å². The van der Waals surface area contributed by atoms with E-state index in [1.54, 1.807) is 13.8 Å². The summed E-state index contributed by atoms with van der Waals surface area (Å²) in [5.74, 6) is -1.53. The van der Waals surface area contributed by atoms with Gasteiger partial charge in [-0.25, -0.2) is 0 Å². The van der Waals surface area contributed by atoms with Crippen molar-refractivity contribution in [3.8, 4) is 0 Å². The zero-order valence-electron chi connectivity index (χ0n) is 19.9. The molecule has 0 aliphatic rings. The minimum absolute atomic E-state index is 0.0525. The lowest BCUT2D eigenvalue weighted by atomic mass is 9.70. The van der Waals surface area contributed by atoms with Gasteiger partial charge in [-0.2, -0.15) is 26.3 Å². The van der Waals surface area contributed by atoms with Crippen molar-refractivity contribution in [2.45, 2.75) is 91.3 Å². The summed E-state index contributed by atoms with van der Waals surface area (Å²) < 4.78 is 85.4. The number of hydrogen-bond donors (Lipinski definition) is 2. The molecular weight excluding hydrogens is 460 g/mol. The maximum absolute atomic E-state index is 12.9. The summed E-state index contributed by atoms with van der Waals surface area (Å²) in [5.41, 5.74) is -5.48. The third-order valence-electron chi connectivity index (χ3n) is 5.77. The van der Waals surface area contributed by atoms with E-state index < -0.39 is 59.8 Å². The molecule has 0 aromatic heterocycles. The number of esters is 2. The van der Waals surface area contributed by atoms with Crippen molar-refractivity contribution in [3.63, 3.8) is 0 Å². The van der Waals surface area contributed by atoms with Gasteiger partial charge in [0.15, 0.2) is 5.60 Å². The van der Waals surface area contributed by atoms with Crippen LogP contribution in [0, 0.1) is 10.8 Å². The van der Waals surface area contributed by atoms with Gasteiger partial charge in [0.05, 0.1) is 17.4 Å². The number of aliphatic hydroxyl groups is 1. The quantitative estimate of drug-likeness (QED) is 0.222. The van der Waals surface area contributed by atoms with Crippen LogP contribution >= 0.6 is 0 Å². The van der Waals surface area contributed by atoms with Crippen LogP contribution in [0.15, 0.2) is 0 Å². The molecule has 2 N–H and O–H groups in total. The highest BCUT2D eigenvalue weighted by molar-refractivity contribution is 5.80. The smallest absolute Gasteiger partial charge is 0.417 e. The molecule has 0 aliphatic carbocycles. The molecule has 0 saturated carbocycles. The van der Waals surface area contributed by atoms with Crippen molar-refractivity contribution in [2.75, 3.05) is 19.7 Å². The molecule has 0 aliphatic heterocycles. The average molecular weight is 496 g/mol. The van der Waals surface area contributed by atoms with Crippen molar-refractivity contribution in [2.24, 2.45) is 10.8 Å². The lowest BCUT2D eigenvalue weighted by molar-refractivity contribution is -0.261. The Morgan fingerprint density at radius 1 is 0.939 bits per heavy atom. The molecule has 196 valence electrons. The Hall–Kier alpha value is -1.56. The van der Waals surface area contributed by atoms with Gasteiger partial charge >= 0.3 is 24.3 Å². The van der Waals surface area contributed by atoms with Gasteiger partial charge in [-0.05, 0) is 47.0 Å². The van der Waals surface area contributed by atoms with Gasteiger partial charge in [-0.15, -0.1) is 0 Å². The fourth-order valence-corrected chi connectivity index (χ4v) is 3.21. The van der Waals surface area contributed by atoms with E-state index >= 15 is 0 Å². The van der Waals surface area contributed by atoms with Crippen LogP contribution in [0.3, 0.4) is 0 Å². The van der Waals surface area contributed by atoms with Gasteiger partial charge in [-0.3, -0.25) is 9.59 Å². The number of hydrogen-bond acceptors (Lipinski definition) is 6. The zero-order valence-corrected chi connectivity index (χ0v) is 19.9. The summed E-state index contributed by atoms with van der Waals surface area (Å²) >= 11 is 0. The number of carbonyl (C=O) groups excluding carboxylic acids is 2. The minimum atomic E-state index is -4.90. The van der Waals surface area contributed by atoms with Crippen LogP contribution in [0.25, 0.3) is 0 Å². The van der Waals surface area contributed by atoms with Gasteiger partial charge in [0, 0.05) is 13.0 Å². The molecule has 12 heteroatoms. The van der Waals surface area contributed by atoms with Crippen LogP contribution < -0.4 is 5.32 Å². The van der Waals surface area contributed by atoms with E-state index in [1.807, 2.05) is 0 Å². The zero-order chi connectivity index (χ0) is 26.3. The van der Waals surface area contributed by atoms with Crippen molar-refractivity contribution < 1.29 is 50.5 Å². The monoisotopic (exact) mass is 495 g/mol. The highest BCUT2D eigenvalue weighted by Crippen LogP contribution is 2.41. The second-order valence-electron chi connectivity index (χ2n) is 9.12. The molecule has 0 heterocycles. The van der Waals surface area contributed by atoms with Gasteiger partial charge in [0.2, 0.25) is 0 Å². The Balaban J connectivity index is 5.13. The first-order chi connectivity index (χ1) is 14.7. The van der Waals surface area contributed by atoms with Crippen LogP contribution in [0.4, 0.5) is 26.3 Å². The molecule has 0 aromatic carbocycles. The summed E-state index contributed by atoms with van der Waals surface area (Å²) in [7, 11) is 0. The number of ether oxygens (including phenoxy) is 2. The first-order valence-corrected chi connectivity index (χ1v) is 10.7. The van der Waals surface area contributed by atoms with E-state index in [4.69, 9.17) is 9.47 Å². The van der Waals surface area contributed by atoms with Gasteiger partial charge in [-0.1, -0.05) is 13.8 Å². The SMILES string of the molecule is CCC(C)(CC(C)(CC)C(=O)OC(C)CC(C)(O)C(F)(F)F)C(=O)OCCNCC(F)(F)F. The highest BCUT2D eigenvalue weighted by atomic mass is 19.4. The standard InChI is InChI=1S/C21H35F6NO5/c1-7-17(4,15(29)32-10-9-28-13-20(22,23)24)12-18(5,8-2)16(30)33-14(3)11-19(6,31)21(25,26)27/h14,28,31H,7-13H2,1-6H3. The topological polar surface area (TPSA) is 84.9 Å². The maximum Gasteiger partial charge on any atom is 0.417 e. The molecule has 0 bridgehead atoms. The second kappa shape index (κ2) is 11.7. The molecule has 0 rings (SSSR count). The van der Waals surface area contributed by atoms with Gasteiger partial charge in [0.1, 0.15) is 12.7 Å². The normalized spacial score (nSPS) is 19.1. The molecule has 6 nitrogen and oxygen atoms in total. The fourth-order valence-electron chi connectivity index (χ4n) is 3.21. The van der Waals surface area contributed by atoms with Crippen LogP contribution in [0.2, 0.25) is 0 Å². The number of halogens is 6. The maximum atomic E-state index is 12.9. The predicted molar refractivity (Wildman–Crippen MR) is 108 cm³/mol. The number of alkyl halides is 6. The lowest BCUT2D eigenvalue weighted by Gasteiger charge is -2.36. The summed E-state index contributed by atoms with van der Waals surface area (Å²) in [5, 5.41) is 11.7. The lowest BCUT2D eigenvalue weighted by Crippen LogP contribution is -2.46. The van der Waals surface area contributed by atoms with Crippen molar-refractivity contribution >= 4 is 11.9 Å².